The van der Waals surface area contributed by atoms with Crippen molar-refractivity contribution in [1.29, 1.82) is 0 Å². The number of rotatable bonds is 9. The Bertz CT molecular complexity index is 2010. The third kappa shape index (κ3) is 5.98. The zero-order valence-electron chi connectivity index (χ0n) is 26.5. The molecule has 10 heteroatoms. The summed E-state index contributed by atoms with van der Waals surface area (Å²) in [4.78, 5) is 22.4. The molecule has 0 radical (unpaired) electrons. The lowest BCUT2D eigenvalue weighted by Crippen LogP contribution is -2.44. The molecule has 0 N–H and O–H groups in total. The molecule has 1 unspecified atom stereocenters. The van der Waals surface area contributed by atoms with Gasteiger partial charge in [0.1, 0.15) is 5.82 Å². The van der Waals surface area contributed by atoms with E-state index in [9.17, 15) is 9.18 Å². The fourth-order valence-electron chi connectivity index (χ4n) is 6.11. The van der Waals surface area contributed by atoms with E-state index in [1.807, 2.05) is 36.4 Å². The molecule has 1 atom stereocenters. The lowest BCUT2D eigenvalue weighted by molar-refractivity contribution is 0.299. The van der Waals surface area contributed by atoms with Gasteiger partial charge < -0.3 is 18.9 Å². The van der Waals surface area contributed by atoms with E-state index in [-0.39, 0.29) is 11.4 Å². The number of halogens is 1. The molecular weight excluding hydrogens is 605 g/mol. The maximum atomic E-state index is 14.2. The zero-order valence-corrected chi connectivity index (χ0v) is 27.3. The fourth-order valence-corrected chi connectivity index (χ4v) is 7.11. The summed E-state index contributed by atoms with van der Waals surface area (Å²) in [6, 6.07) is 17.3. The Morgan fingerprint density at radius 1 is 0.848 bits per heavy atom. The van der Waals surface area contributed by atoms with Gasteiger partial charge in [-0.3, -0.25) is 14.3 Å². The van der Waals surface area contributed by atoms with Crippen LogP contribution in [0.15, 0.2) is 87.3 Å². The van der Waals surface area contributed by atoms with Gasteiger partial charge in [-0.25, -0.2) is 9.38 Å². The smallest absolute Gasteiger partial charge is 0.271 e. The lowest BCUT2D eigenvalue weighted by Gasteiger charge is -2.36. The van der Waals surface area contributed by atoms with E-state index >= 15 is 0 Å². The van der Waals surface area contributed by atoms with Crippen molar-refractivity contribution in [3.63, 3.8) is 0 Å². The van der Waals surface area contributed by atoms with E-state index in [2.05, 4.69) is 17.9 Å². The van der Waals surface area contributed by atoms with Crippen molar-refractivity contribution in [3.8, 4) is 23.0 Å². The number of nitrogens with zero attached hydrogens (tertiary/aromatic N) is 3. The highest BCUT2D eigenvalue weighted by atomic mass is 32.1. The minimum Gasteiger partial charge on any atom is -0.493 e. The summed E-state index contributed by atoms with van der Waals surface area (Å²) < 4.78 is 38.2. The molecule has 0 bridgehead atoms. The van der Waals surface area contributed by atoms with E-state index in [0.717, 1.165) is 46.5 Å². The second-order valence-corrected chi connectivity index (χ2v) is 12.1. The van der Waals surface area contributed by atoms with Gasteiger partial charge in [-0.15, -0.1) is 0 Å². The summed E-state index contributed by atoms with van der Waals surface area (Å²) in [6.07, 6.45) is 4.91. The van der Waals surface area contributed by atoms with Crippen LogP contribution in [0.25, 0.3) is 12.2 Å². The third-order valence-corrected chi connectivity index (χ3v) is 9.19. The van der Waals surface area contributed by atoms with Crippen molar-refractivity contribution < 1.29 is 23.3 Å². The van der Waals surface area contributed by atoms with Crippen LogP contribution in [0, 0.1) is 5.82 Å². The highest BCUT2D eigenvalue weighted by Gasteiger charge is 2.35. The van der Waals surface area contributed by atoms with Crippen molar-refractivity contribution >= 4 is 23.5 Å². The first-order valence-corrected chi connectivity index (χ1v) is 15.9. The molecule has 2 aliphatic rings. The van der Waals surface area contributed by atoms with Crippen LogP contribution in [0.4, 0.5) is 4.39 Å². The van der Waals surface area contributed by atoms with Crippen molar-refractivity contribution in [2.24, 2.45) is 4.99 Å². The molecule has 4 aromatic rings. The molecule has 0 saturated heterocycles. The van der Waals surface area contributed by atoms with Crippen LogP contribution < -0.4 is 33.8 Å². The van der Waals surface area contributed by atoms with Gasteiger partial charge >= 0.3 is 0 Å². The van der Waals surface area contributed by atoms with Crippen LogP contribution in [0.5, 0.6) is 23.0 Å². The number of thiazole rings is 1. The molecule has 0 aliphatic carbocycles. The molecule has 0 spiro atoms. The molecule has 0 fully saturated rings. The van der Waals surface area contributed by atoms with Gasteiger partial charge in [-0.2, -0.15) is 0 Å². The summed E-state index contributed by atoms with van der Waals surface area (Å²) in [5.41, 5.74) is 5.37. The monoisotopic (exact) mass is 641 g/mol. The first-order valence-electron chi connectivity index (χ1n) is 15.0. The summed E-state index contributed by atoms with van der Waals surface area (Å²) in [6.45, 7) is 4.40. The number of benzene rings is 3. The van der Waals surface area contributed by atoms with E-state index in [0.29, 0.717) is 45.4 Å². The maximum Gasteiger partial charge on any atom is 0.271 e. The Balaban J connectivity index is 1.60. The first kappa shape index (κ1) is 31.3. The number of hydrogen-bond acceptors (Lipinski definition) is 8. The number of fused-ring (bicyclic) bond motifs is 1. The topological polar surface area (TPSA) is 74.5 Å². The van der Waals surface area contributed by atoms with Crippen LogP contribution in [0.1, 0.15) is 36.1 Å². The first-order chi connectivity index (χ1) is 22.4. The second kappa shape index (κ2) is 13.4. The minimum absolute atomic E-state index is 0.155. The Morgan fingerprint density at radius 2 is 1.50 bits per heavy atom. The predicted octanol–water partition coefficient (Wildman–Crippen LogP) is 5.20. The Morgan fingerprint density at radius 3 is 2.17 bits per heavy atom. The van der Waals surface area contributed by atoms with Gasteiger partial charge in [-0.05, 0) is 89.4 Å². The predicted molar refractivity (Wildman–Crippen MR) is 178 cm³/mol. The van der Waals surface area contributed by atoms with Crippen LogP contribution in [-0.2, 0) is 0 Å². The lowest BCUT2D eigenvalue weighted by atomic mass is 9.89. The summed E-state index contributed by atoms with van der Waals surface area (Å²) >= 11 is 1.33. The average molecular weight is 642 g/mol. The van der Waals surface area contributed by atoms with Crippen molar-refractivity contribution in [2.75, 3.05) is 48.1 Å². The van der Waals surface area contributed by atoms with Gasteiger partial charge in [0.2, 0.25) is 0 Å². The van der Waals surface area contributed by atoms with Crippen LogP contribution in [0.2, 0.25) is 0 Å². The molecule has 3 aromatic carbocycles. The summed E-state index contributed by atoms with van der Waals surface area (Å²) in [7, 11) is 6.45. The molecule has 0 saturated carbocycles. The molecule has 1 aromatic heterocycles. The van der Waals surface area contributed by atoms with E-state index in [1.54, 1.807) is 51.2 Å². The number of ether oxygens (including phenoxy) is 4. The quantitative estimate of drug-likeness (QED) is 0.250. The molecule has 3 heterocycles. The molecule has 0 amide bonds. The number of methoxy groups -OCH3 is 4. The molecule has 46 heavy (non-hydrogen) atoms. The molecule has 238 valence electrons. The molecule has 6 rings (SSSR count). The standard InChI is InChI=1S/C36H36FN3O5S/c1-6-15-39-20-25(16-23-9-13-28(42-2)30(17-23)44-4)33-27(21-39)34(24-10-14-29(43-3)31(19-24)45-5)40-35(41)32(46-36(40)38-33)18-22-7-11-26(37)12-8-22/h7-14,16-19,34H,6,15,20-21H2,1-5H3. The van der Waals surface area contributed by atoms with Crippen LogP contribution in [0.3, 0.4) is 0 Å². The normalized spacial score (nSPS) is 17.4. The van der Waals surface area contributed by atoms with Crippen molar-refractivity contribution in [3.05, 3.63) is 120 Å². The van der Waals surface area contributed by atoms with Crippen molar-refractivity contribution in [2.45, 2.75) is 19.4 Å². The number of aromatic nitrogens is 1. The summed E-state index contributed by atoms with van der Waals surface area (Å²) in [5, 5.41) is 0. The highest BCUT2D eigenvalue weighted by molar-refractivity contribution is 7.07. The SMILES string of the molecule is CCCN1CC(=Cc2ccc(OC)c(OC)c2)C2=C(C1)C(c1ccc(OC)c(OC)c1)n1c(sc(=Cc3ccc(F)cc3)c1=O)=N2. The van der Waals surface area contributed by atoms with Gasteiger partial charge in [0.15, 0.2) is 27.8 Å². The van der Waals surface area contributed by atoms with Crippen LogP contribution in [-0.4, -0.2) is 57.5 Å². The van der Waals surface area contributed by atoms with E-state index in [1.165, 1.54) is 23.5 Å². The zero-order chi connectivity index (χ0) is 32.4. The van der Waals surface area contributed by atoms with Gasteiger partial charge in [0, 0.05) is 13.1 Å². The Hall–Kier alpha value is -4.67. The third-order valence-electron chi connectivity index (χ3n) is 8.21. The number of hydrogen-bond donors (Lipinski definition) is 0. The van der Waals surface area contributed by atoms with Gasteiger partial charge in [0.05, 0.1) is 44.7 Å². The van der Waals surface area contributed by atoms with Crippen molar-refractivity contribution in [1.82, 2.24) is 9.47 Å². The molecule has 8 nitrogen and oxygen atoms in total. The van der Waals surface area contributed by atoms with E-state index < -0.39 is 6.04 Å². The summed E-state index contributed by atoms with van der Waals surface area (Å²) in [5.74, 6) is 2.16. The average Bonchev–Trinajstić information content (AvgIpc) is 3.38. The minimum atomic E-state index is -0.435. The Labute approximate surface area is 271 Å². The fraction of sp³-hybridized carbons (Fsp3) is 0.278. The largest absolute Gasteiger partial charge is 0.493 e. The van der Waals surface area contributed by atoms with Crippen LogP contribution >= 0.6 is 11.3 Å². The maximum absolute atomic E-state index is 14.2. The van der Waals surface area contributed by atoms with E-state index in [4.69, 9.17) is 23.9 Å². The van der Waals surface area contributed by atoms with Gasteiger partial charge in [0.25, 0.3) is 5.56 Å². The Kier molecular flexibility index (Phi) is 9.10. The highest BCUT2D eigenvalue weighted by Crippen LogP contribution is 2.40. The molecular formula is C36H36FN3O5S. The molecule has 2 aliphatic heterocycles. The van der Waals surface area contributed by atoms with Gasteiger partial charge in [-0.1, -0.05) is 42.5 Å². The second-order valence-electron chi connectivity index (χ2n) is 11.1.